The van der Waals surface area contributed by atoms with E-state index in [1.54, 1.807) is 35.2 Å². The first kappa shape index (κ1) is 26.8. The first-order valence-electron chi connectivity index (χ1n) is 12.6. The van der Waals surface area contributed by atoms with Crippen molar-refractivity contribution in [2.45, 2.75) is 45.6 Å². The molecule has 0 radical (unpaired) electrons. The number of carbonyl (C=O) groups excluding carboxylic acids is 1. The van der Waals surface area contributed by atoms with Crippen LogP contribution < -0.4 is 15.4 Å². The van der Waals surface area contributed by atoms with E-state index >= 15 is 0 Å². The van der Waals surface area contributed by atoms with Gasteiger partial charge in [0, 0.05) is 27.7 Å². The summed E-state index contributed by atoms with van der Waals surface area (Å²) in [4.78, 5) is 15.3. The second-order valence-electron chi connectivity index (χ2n) is 9.82. The predicted octanol–water partition coefficient (Wildman–Crippen LogP) is 7.63. The first-order chi connectivity index (χ1) is 18.7. The number of nitrogens with zero attached hydrogens (tertiary/aromatic N) is 2. The molecule has 8 heteroatoms. The Morgan fingerprint density at radius 1 is 1.05 bits per heavy atom. The highest BCUT2D eigenvalue weighted by molar-refractivity contribution is 6.35. The summed E-state index contributed by atoms with van der Waals surface area (Å²) in [5.74, 6) is -0.172. The van der Waals surface area contributed by atoms with Gasteiger partial charge in [0.1, 0.15) is 24.0 Å². The highest BCUT2D eigenvalue weighted by Crippen LogP contribution is 2.47. The molecule has 2 N–H and O–H groups in total. The number of halogens is 3. The summed E-state index contributed by atoms with van der Waals surface area (Å²) in [6, 6.07) is 17.2. The number of nitriles is 1. The van der Waals surface area contributed by atoms with Gasteiger partial charge < -0.3 is 10.5 Å². The molecular weight excluding hydrogens is 536 g/mol. The van der Waals surface area contributed by atoms with Crippen molar-refractivity contribution >= 4 is 34.7 Å². The number of ketones is 1. The molecule has 0 amide bonds. The molecule has 0 bridgehead atoms. The number of allylic oxidation sites excluding steroid dienone is 3. The van der Waals surface area contributed by atoms with Crippen molar-refractivity contribution in [1.29, 1.82) is 5.26 Å². The zero-order valence-corrected chi connectivity index (χ0v) is 23.0. The molecule has 198 valence electrons. The lowest BCUT2D eigenvalue weighted by Gasteiger charge is -2.40. The van der Waals surface area contributed by atoms with Crippen LogP contribution in [-0.4, -0.2) is 5.78 Å². The number of Topliss-reactive ketones (excluding diaryl/α,β-unsaturated/α-hetero) is 1. The number of ether oxygens (including phenoxy) is 1. The quantitative estimate of drug-likeness (QED) is 0.346. The number of hydrogen-bond donors (Lipinski definition) is 1. The molecule has 2 aliphatic rings. The summed E-state index contributed by atoms with van der Waals surface area (Å²) in [5, 5.41) is 11.2. The smallest absolute Gasteiger partial charge is 0.161 e. The summed E-state index contributed by atoms with van der Waals surface area (Å²) in [5.41, 5.74) is 12.6. The van der Waals surface area contributed by atoms with E-state index in [0.717, 1.165) is 28.0 Å². The van der Waals surface area contributed by atoms with Crippen LogP contribution in [0.2, 0.25) is 10.0 Å². The van der Waals surface area contributed by atoms with Crippen molar-refractivity contribution in [3.63, 3.8) is 0 Å². The number of carbonyl (C=O) groups is 1. The van der Waals surface area contributed by atoms with E-state index < -0.39 is 5.92 Å². The topological polar surface area (TPSA) is 79.4 Å². The Morgan fingerprint density at radius 3 is 2.41 bits per heavy atom. The fourth-order valence-corrected chi connectivity index (χ4v) is 5.95. The molecule has 1 heterocycles. The number of anilines is 1. The average molecular weight is 562 g/mol. The van der Waals surface area contributed by atoms with Crippen LogP contribution in [0.1, 0.15) is 47.4 Å². The van der Waals surface area contributed by atoms with Crippen LogP contribution in [-0.2, 0) is 11.4 Å². The van der Waals surface area contributed by atoms with Crippen LogP contribution in [0.5, 0.6) is 5.75 Å². The van der Waals surface area contributed by atoms with E-state index in [4.69, 9.17) is 33.7 Å². The fourth-order valence-electron chi connectivity index (χ4n) is 5.44. The second-order valence-corrected chi connectivity index (χ2v) is 10.7. The lowest BCUT2D eigenvalue weighted by molar-refractivity contribution is -0.116. The van der Waals surface area contributed by atoms with Crippen molar-refractivity contribution in [3.8, 4) is 11.8 Å². The lowest BCUT2D eigenvalue weighted by Crippen LogP contribution is -2.39. The van der Waals surface area contributed by atoms with Gasteiger partial charge in [-0.3, -0.25) is 9.69 Å². The van der Waals surface area contributed by atoms with Gasteiger partial charge in [-0.15, -0.1) is 0 Å². The Bertz CT molecular complexity index is 1570. The van der Waals surface area contributed by atoms with Crippen molar-refractivity contribution in [2.24, 2.45) is 5.73 Å². The van der Waals surface area contributed by atoms with Crippen LogP contribution in [0, 0.1) is 31.0 Å². The molecule has 3 aromatic carbocycles. The van der Waals surface area contributed by atoms with Gasteiger partial charge in [-0.25, -0.2) is 4.39 Å². The summed E-state index contributed by atoms with van der Waals surface area (Å²) >= 11 is 12.6. The maximum atomic E-state index is 13.5. The van der Waals surface area contributed by atoms with Gasteiger partial charge >= 0.3 is 0 Å². The number of benzene rings is 3. The molecule has 0 spiro atoms. The third-order valence-electron chi connectivity index (χ3n) is 7.26. The zero-order chi connectivity index (χ0) is 27.8. The van der Waals surface area contributed by atoms with Gasteiger partial charge in [0.2, 0.25) is 0 Å². The Morgan fingerprint density at radius 2 is 1.74 bits per heavy atom. The molecule has 0 aromatic heterocycles. The third kappa shape index (κ3) is 5.13. The average Bonchev–Trinajstić information content (AvgIpc) is 2.88. The highest BCUT2D eigenvalue weighted by Gasteiger charge is 2.41. The molecule has 0 fully saturated rings. The molecule has 0 saturated heterocycles. The molecule has 5 rings (SSSR count). The zero-order valence-electron chi connectivity index (χ0n) is 21.5. The maximum Gasteiger partial charge on any atom is 0.161 e. The Labute approximate surface area is 236 Å². The van der Waals surface area contributed by atoms with Gasteiger partial charge in [0.15, 0.2) is 5.78 Å². The monoisotopic (exact) mass is 561 g/mol. The molecule has 3 aromatic rings. The molecule has 1 unspecified atom stereocenters. The van der Waals surface area contributed by atoms with Crippen molar-refractivity contribution in [3.05, 3.63) is 115 Å². The van der Waals surface area contributed by atoms with E-state index in [0.29, 0.717) is 46.3 Å². The highest BCUT2D eigenvalue weighted by atomic mass is 35.5. The van der Waals surface area contributed by atoms with Gasteiger partial charge in [0.25, 0.3) is 0 Å². The van der Waals surface area contributed by atoms with Crippen molar-refractivity contribution in [2.75, 3.05) is 4.90 Å². The minimum absolute atomic E-state index is 0.0105. The van der Waals surface area contributed by atoms with Crippen molar-refractivity contribution < 1.29 is 13.9 Å². The summed E-state index contributed by atoms with van der Waals surface area (Å²) in [6.07, 6.45) is 1.68. The van der Waals surface area contributed by atoms with Gasteiger partial charge in [-0.05, 0) is 91.4 Å². The number of aryl methyl sites for hydroxylation is 2. The standard InChI is InChI=1S/C31H26Cl2FN3O2/c1-17-10-18(2)25(11-19(17)16-39-24-8-6-22(34)7-9-24)29-26(15-35)31(36)37(23-13-20(32)12-21(33)14-23)27-4-3-5-28(38)30(27)29/h6-14,29H,3-5,16,36H2,1-2H3. The van der Waals surface area contributed by atoms with E-state index in [9.17, 15) is 14.4 Å². The van der Waals surface area contributed by atoms with Crippen LogP contribution in [0.4, 0.5) is 10.1 Å². The summed E-state index contributed by atoms with van der Waals surface area (Å²) < 4.78 is 19.2. The normalized spacial score (nSPS) is 17.3. The first-order valence-corrected chi connectivity index (χ1v) is 13.3. The van der Waals surface area contributed by atoms with Crippen LogP contribution in [0.25, 0.3) is 0 Å². The Balaban J connectivity index is 1.63. The van der Waals surface area contributed by atoms with E-state index in [1.807, 2.05) is 26.0 Å². The number of hydrogen-bond acceptors (Lipinski definition) is 5. The fraction of sp³-hybridized carbons (Fsp3) is 0.226. The molecular formula is C31H26Cl2FN3O2. The number of nitrogens with two attached hydrogens (primary N) is 1. The van der Waals surface area contributed by atoms with Gasteiger partial charge in [-0.2, -0.15) is 5.26 Å². The van der Waals surface area contributed by atoms with Crippen LogP contribution >= 0.6 is 23.2 Å². The van der Waals surface area contributed by atoms with E-state index in [1.165, 1.54) is 12.1 Å². The Hall–Kier alpha value is -3.79. The molecule has 0 saturated carbocycles. The van der Waals surface area contributed by atoms with E-state index in [-0.39, 0.29) is 29.6 Å². The van der Waals surface area contributed by atoms with Crippen molar-refractivity contribution in [1.82, 2.24) is 0 Å². The predicted molar refractivity (Wildman–Crippen MR) is 151 cm³/mol. The largest absolute Gasteiger partial charge is 0.489 e. The van der Waals surface area contributed by atoms with Gasteiger partial charge in [-0.1, -0.05) is 35.3 Å². The molecule has 5 nitrogen and oxygen atoms in total. The summed E-state index contributed by atoms with van der Waals surface area (Å²) in [6.45, 7) is 4.19. The minimum atomic E-state index is -0.617. The molecule has 1 aliphatic carbocycles. The van der Waals surface area contributed by atoms with Crippen LogP contribution in [0.15, 0.2) is 77.3 Å². The van der Waals surface area contributed by atoms with Gasteiger partial charge in [0.05, 0.1) is 23.2 Å². The molecule has 39 heavy (non-hydrogen) atoms. The van der Waals surface area contributed by atoms with E-state index in [2.05, 4.69) is 6.07 Å². The van der Waals surface area contributed by atoms with Crippen LogP contribution in [0.3, 0.4) is 0 Å². The SMILES string of the molecule is Cc1cc(C)c(C2C(C#N)=C(N)N(c3cc(Cl)cc(Cl)c3)C3=C2C(=O)CCC3)cc1COc1ccc(F)cc1. The minimum Gasteiger partial charge on any atom is -0.489 e. The summed E-state index contributed by atoms with van der Waals surface area (Å²) in [7, 11) is 0. The Kier molecular flexibility index (Phi) is 7.40. The third-order valence-corrected chi connectivity index (χ3v) is 7.70. The maximum absolute atomic E-state index is 13.5. The molecule has 1 atom stereocenters. The molecule has 1 aliphatic heterocycles. The lowest BCUT2D eigenvalue weighted by atomic mass is 9.74. The second kappa shape index (κ2) is 10.8. The number of rotatable bonds is 5.